The van der Waals surface area contributed by atoms with Crippen LogP contribution in [0.25, 0.3) is 0 Å². The number of nitrogens with one attached hydrogen (secondary N) is 1. The lowest BCUT2D eigenvalue weighted by Gasteiger charge is -2.37. The standard InChI is InChI=1S/C29H51N2O6P/c1-31(21-24-36-25-22-31)26-27-16-18-28(19-17-27)29(32)37-23-15-13-11-9-7-5-3-2-4-6-8-10-12-14-20-30-38(33,34)35/h16-19H,2-15,20-26H2,1H3,(H2-,30,33,34,35). The molecule has 0 bridgehead atoms. The molecule has 1 heterocycles. The Hall–Kier alpha value is -1.28. The molecular weight excluding hydrogens is 503 g/mol. The number of benzene rings is 1. The molecule has 0 aromatic heterocycles. The number of hydrogen-bond donors (Lipinski definition) is 2. The molecule has 0 radical (unpaired) electrons. The van der Waals surface area contributed by atoms with Gasteiger partial charge in [0.2, 0.25) is 7.75 Å². The van der Waals surface area contributed by atoms with E-state index in [4.69, 9.17) is 14.4 Å². The Morgan fingerprint density at radius 3 is 1.87 bits per heavy atom. The van der Waals surface area contributed by atoms with Crippen LogP contribution in [0.5, 0.6) is 0 Å². The zero-order valence-electron chi connectivity index (χ0n) is 23.5. The zero-order chi connectivity index (χ0) is 27.5. The van der Waals surface area contributed by atoms with Gasteiger partial charge in [-0.1, -0.05) is 89.2 Å². The molecule has 218 valence electrons. The summed E-state index contributed by atoms with van der Waals surface area (Å²) in [7, 11) is -2.04. The van der Waals surface area contributed by atoms with E-state index in [2.05, 4.69) is 12.1 Å². The predicted molar refractivity (Wildman–Crippen MR) is 150 cm³/mol. The molecule has 1 aliphatic rings. The summed E-state index contributed by atoms with van der Waals surface area (Å²) >= 11 is 0. The van der Waals surface area contributed by atoms with E-state index < -0.39 is 7.75 Å². The monoisotopic (exact) mass is 554 g/mol. The molecule has 9 heteroatoms. The molecule has 1 atom stereocenters. The van der Waals surface area contributed by atoms with Gasteiger partial charge in [0.05, 0.1) is 32.4 Å². The van der Waals surface area contributed by atoms with Crippen LogP contribution in [-0.2, 0) is 20.6 Å². The van der Waals surface area contributed by atoms with Gasteiger partial charge in [0, 0.05) is 12.1 Å². The number of morpholine rings is 1. The fourth-order valence-corrected chi connectivity index (χ4v) is 5.39. The minimum absolute atomic E-state index is 0.224. The molecule has 0 saturated carbocycles. The average Bonchev–Trinajstić information content (AvgIpc) is 2.88. The van der Waals surface area contributed by atoms with Gasteiger partial charge in [-0.05, 0) is 25.0 Å². The van der Waals surface area contributed by atoms with Crippen molar-refractivity contribution in [2.24, 2.45) is 0 Å². The maximum absolute atomic E-state index is 12.3. The molecule has 1 aliphatic heterocycles. The number of esters is 1. The van der Waals surface area contributed by atoms with E-state index in [1.165, 1.54) is 63.4 Å². The number of likely N-dealkylation sites (N-methyl/N-ethyl adjacent to an activating group) is 1. The number of rotatable bonds is 21. The number of ether oxygens (including phenoxy) is 2. The van der Waals surface area contributed by atoms with Gasteiger partial charge >= 0.3 is 5.97 Å². The third kappa shape index (κ3) is 16.0. The summed E-state index contributed by atoms with van der Waals surface area (Å²) in [5.41, 5.74) is 1.87. The average molecular weight is 555 g/mol. The summed E-state index contributed by atoms with van der Waals surface area (Å²) in [6.45, 7) is 5.46. The Bertz CT molecular complexity index is 808. The summed E-state index contributed by atoms with van der Waals surface area (Å²) in [4.78, 5) is 31.5. The van der Waals surface area contributed by atoms with Gasteiger partial charge < -0.3 is 23.7 Å². The number of unbranched alkanes of at least 4 members (excludes halogenated alkanes) is 13. The zero-order valence-corrected chi connectivity index (χ0v) is 24.4. The smallest absolute Gasteiger partial charge is 0.338 e. The Kier molecular flexibility index (Phi) is 16.4. The molecule has 0 spiro atoms. The second-order valence-electron chi connectivity index (χ2n) is 11.0. The maximum Gasteiger partial charge on any atom is 0.338 e. The number of nitrogens with zero attached hydrogens (tertiary/aromatic N) is 1. The summed E-state index contributed by atoms with van der Waals surface area (Å²) in [5, 5.41) is 2.13. The number of carbonyl (C=O) groups excluding carboxylic acids is 1. The van der Waals surface area contributed by atoms with Crippen LogP contribution in [0.4, 0.5) is 0 Å². The number of carbonyl (C=O) groups is 1. The molecule has 1 saturated heterocycles. The molecule has 0 amide bonds. The first kappa shape index (κ1) is 32.9. The van der Waals surface area contributed by atoms with Crippen LogP contribution in [0.15, 0.2) is 24.3 Å². The van der Waals surface area contributed by atoms with Crippen molar-refractivity contribution in [1.29, 1.82) is 0 Å². The summed E-state index contributed by atoms with van der Waals surface area (Å²) < 4.78 is 22.5. The van der Waals surface area contributed by atoms with Crippen LogP contribution in [0.1, 0.15) is 106 Å². The Balaban J connectivity index is 1.36. The van der Waals surface area contributed by atoms with Gasteiger partial charge in [-0.3, -0.25) is 9.65 Å². The van der Waals surface area contributed by atoms with Crippen molar-refractivity contribution in [2.75, 3.05) is 46.5 Å². The van der Waals surface area contributed by atoms with Crippen LogP contribution in [0.2, 0.25) is 0 Å². The third-order valence-corrected chi connectivity index (χ3v) is 8.04. The lowest BCUT2D eigenvalue weighted by molar-refractivity contribution is -0.929. The van der Waals surface area contributed by atoms with Gasteiger partial charge in [0.15, 0.2) is 0 Å². The normalized spacial score (nSPS) is 16.7. The second-order valence-corrected chi connectivity index (χ2v) is 12.4. The first-order valence-electron chi connectivity index (χ1n) is 14.7. The van der Waals surface area contributed by atoms with Crippen molar-refractivity contribution in [3.63, 3.8) is 0 Å². The van der Waals surface area contributed by atoms with Crippen molar-refractivity contribution in [2.45, 2.75) is 96.4 Å². The minimum atomic E-state index is -4.30. The quantitative estimate of drug-likeness (QED) is 0.0915. The fraction of sp³-hybridized carbons (Fsp3) is 0.759. The second kappa shape index (κ2) is 18.9. The number of quaternary nitrogens is 1. The molecule has 1 fully saturated rings. The van der Waals surface area contributed by atoms with Crippen molar-refractivity contribution >= 4 is 13.7 Å². The van der Waals surface area contributed by atoms with E-state index in [1.54, 1.807) is 0 Å². The number of hydrogen-bond acceptors (Lipinski definition) is 5. The highest BCUT2D eigenvalue weighted by Gasteiger charge is 2.25. The van der Waals surface area contributed by atoms with E-state index in [0.717, 1.165) is 69.4 Å². The Morgan fingerprint density at radius 2 is 1.37 bits per heavy atom. The molecule has 2 N–H and O–H groups in total. The fourth-order valence-electron chi connectivity index (χ4n) is 4.95. The summed E-state index contributed by atoms with van der Waals surface area (Å²) in [5.74, 6) is -0.224. The highest BCUT2D eigenvalue weighted by Crippen LogP contribution is 2.21. The van der Waals surface area contributed by atoms with E-state index in [0.29, 0.717) is 18.7 Å². The van der Waals surface area contributed by atoms with E-state index in [-0.39, 0.29) is 5.97 Å². The van der Waals surface area contributed by atoms with Crippen molar-refractivity contribution in [3.8, 4) is 0 Å². The molecule has 2 rings (SSSR count). The van der Waals surface area contributed by atoms with E-state index >= 15 is 0 Å². The minimum Gasteiger partial charge on any atom is -0.766 e. The lowest BCUT2D eigenvalue weighted by Crippen LogP contribution is -2.51. The Morgan fingerprint density at radius 1 is 0.895 bits per heavy atom. The van der Waals surface area contributed by atoms with Crippen LogP contribution in [0, 0.1) is 0 Å². The van der Waals surface area contributed by atoms with Crippen LogP contribution in [-0.4, -0.2) is 61.8 Å². The van der Waals surface area contributed by atoms with Crippen LogP contribution in [0.3, 0.4) is 0 Å². The topological polar surface area (TPSA) is 108 Å². The summed E-state index contributed by atoms with van der Waals surface area (Å²) in [6, 6.07) is 7.88. The van der Waals surface area contributed by atoms with Gasteiger partial charge in [-0.2, -0.15) is 0 Å². The molecule has 0 aliphatic carbocycles. The highest BCUT2D eigenvalue weighted by molar-refractivity contribution is 7.48. The van der Waals surface area contributed by atoms with Gasteiger partial charge in [-0.15, -0.1) is 0 Å². The lowest BCUT2D eigenvalue weighted by atomic mass is 10.0. The molecule has 38 heavy (non-hydrogen) atoms. The van der Waals surface area contributed by atoms with Gasteiger partial charge in [0.25, 0.3) is 0 Å². The van der Waals surface area contributed by atoms with Gasteiger partial charge in [0.1, 0.15) is 19.6 Å². The molecule has 8 nitrogen and oxygen atoms in total. The molecule has 1 aromatic rings. The Labute approximate surface area is 230 Å². The van der Waals surface area contributed by atoms with Gasteiger partial charge in [-0.25, -0.2) is 4.79 Å². The third-order valence-electron chi connectivity index (χ3n) is 7.42. The van der Waals surface area contributed by atoms with E-state index in [9.17, 15) is 14.3 Å². The largest absolute Gasteiger partial charge is 0.766 e. The predicted octanol–water partition coefficient (Wildman–Crippen LogP) is 5.33. The van der Waals surface area contributed by atoms with Crippen LogP contribution >= 0.6 is 7.75 Å². The van der Waals surface area contributed by atoms with E-state index in [1.807, 2.05) is 24.3 Å². The molecule has 1 aromatic carbocycles. The van der Waals surface area contributed by atoms with Crippen molar-refractivity contribution in [1.82, 2.24) is 5.09 Å². The summed E-state index contributed by atoms with van der Waals surface area (Å²) in [6.07, 6.45) is 16.2. The molecule has 1 unspecified atom stereocenters. The molecular formula is C29H51N2O6P. The first-order valence-corrected chi connectivity index (χ1v) is 16.3. The van der Waals surface area contributed by atoms with Crippen molar-refractivity contribution < 1.29 is 33.1 Å². The van der Waals surface area contributed by atoms with Crippen LogP contribution < -0.4 is 9.98 Å². The maximum atomic E-state index is 12.3. The highest BCUT2D eigenvalue weighted by atomic mass is 31.2. The SMILES string of the molecule is C[N+]1(Cc2ccc(C(=O)OCCCCCCCCCCCCCCCCNP(=O)([O-])O)cc2)CCOCC1. The first-order chi connectivity index (χ1) is 18.3. The van der Waals surface area contributed by atoms with Crippen molar-refractivity contribution in [3.05, 3.63) is 35.4 Å².